The SMILES string of the molecule is COC[C@@H]1C[C@H](C)CC/C=C\[C@@H]2C[C@@]2(C(=O)NS(=O)(=O)C2(C)CC2)NC(=O)[C@@H]2C[C@@H](Oc3nc(OC)c4c(OC)cccc4n3)CN2C(=O)[C@H]1NC(=O)OC(C)(C)C(C)(F)F. The van der Waals surface area contributed by atoms with E-state index in [1.807, 2.05) is 13.0 Å². The molecule has 1 aromatic carbocycles. The number of rotatable bonds is 12. The zero-order valence-electron chi connectivity index (χ0n) is 35.7. The zero-order chi connectivity index (χ0) is 44.7. The number of nitrogens with zero attached hydrogens (tertiary/aromatic N) is 3. The van der Waals surface area contributed by atoms with E-state index in [4.69, 9.17) is 23.7 Å². The summed E-state index contributed by atoms with van der Waals surface area (Å²) in [6.45, 7) is 5.90. The van der Waals surface area contributed by atoms with E-state index in [9.17, 15) is 31.6 Å². The summed E-state index contributed by atoms with van der Waals surface area (Å²) in [7, 11) is 0.233. The molecule has 4 aliphatic rings. The van der Waals surface area contributed by atoms with E-state index in [-0.39, 0.29) is 43.8 Å². The molecule has 336 valence electrons. The van der Waals surface area contributed by atoms with E-state index in [1.165, 1.54) is 26.2 Å². The van der Waals surface area contributed by atoms with E-state index in [0.717, 1.165) is 13.8 Å². The fraction of sp³-hybridized carbons (Fsp3) is 0.659. The number of halogens is 2. The first-order valence-corrected chi connectivity index (χ1v) is 21.8. The number of fused-ring (bicyclic) bond motifs is 3. The Morgan fingerprint density at radius 3 is 2.43 bits per heavy atom. The van der Waals surface area contributed by atoms with Crippen molar-refractivity contribution in [1.29, 1.82) is 0 Å². The van der Waals surface area contributed by atoms with Gasteiger partial charge in [-0.15, -0.1) is 0 Å². The standard InChI is InChI=1S/C41H56F2N6O11S/c1-23-12-9-10-13-25-20-41(25,35(52)48-61(54,55)39(4)16-17-39)47-32(50)28-19-26(59-36-44-27-14-11-15-29(57-7)30(27)33(46-36)58-8)21-49(28)34(51)31(24(18-23)22-56-6)45-37(53)60-38(2,3)40(5,42)43/h10-11,13-15,23-26,28,31H,9,12,16-22H2,1-8H3,(H,45,53)(H,47,50)(H,48,52)/b13-10-/t23-,24+,25-,26-,28+,31+,41-/m1/s1. The molecule has 0 radical (unpaired) electrons. The number of ether oxygens (including phenoxy) is 5. The molecule has 2 aromatic rings. The Balaban J connectivity index is 1.39. The van der Waals surface area contributed by atoms with Gasteiger partial charge in [-0.25, -0.2) is 22.0 Å². The number of carbonyl (C=O) groups is 4. The minimum absolute atomic E-state index is 0.0399. The molecule has 4 amide bonds. The molecule has 1 aromatic heterocycles. The monoisotopic (exact) mass is 878 g/mol. The highest BCUT2D eigenvalue weighted by molar-refractivity contribution is 7.91. The average molecular weight is 879 g/mol. The lowest BCUT2D eigenvalue weighted by atomic mass is 9.87. The maximum Gasteiger partial charge on any atom is 0.408 e. The Labute approximate surface area is 354 Å². The summed E-state index contributed by atoms with van der Waals surface area (Å²) in [5.41, 5.74) is -3.51. The van der Waals surface area contributed by atoms with Crippen molar-refractivity contribution in [3.63, 3.8) is 0 Å². The van der Waals surface area contributed by atoms with Crippen LogP contribution in [0.1, 0.15) is 79.6 Å². The first-order chi connectivity index (χ1) is 28.6. The molecule has 7 atom stereocenters. The van der Waals surface area contributed by atoms with Crippen LogP contribution in [-0.4, -0.2) is 122 Å². The van der Waals surface area contributed by atoms with Crippen LogP contribution in [0.25, 0.3) is 10.9 Å². The Bertz CT molecular complexity index is 2160. The summed E-state index contributed by atoms with van der Waals surface area (Å²) in [6, 6.07) is 2.17. The molecular weight excluding hydrogens is 823 g/mol. The van der Waals surface area contributed by atoms with Gasteiger partial charge in [0.25, 0.3) is 11.8 Å². The number of allylic oxidation sites excluding steroid dienone is 1. The number of benzene rings is 1. The van der Waals surface area contributed by atoms with Crippen LogP contribution in [0.15, 0.2) is 30.4 Å². The molecule has 20 heteroatoms. The lowest BCUT2D eigenvalue weighted by Crippen LogP contribution is -2.60. The maximum absolute atomic E-state index is 15.0. The van der Waals surface area contributed by atoms with E-state index in [0.29, 0.717) is 55.7 Å². The van der Waals surface area contributed by atoms with E-state index < -0.39 is 85.7 Å². The third-order valence-corrected chi connectivity index (χ3v) is 14.6. The number of nitrogens with one attached hydrogen (secondary N) is 3. The van der Waals surface area contributed by atoms with Crippen molar-refractivity contribution < 1.29 is 60.1 Å². The normalized spacial score (nSPS) is 28.5. The summed E-state index contributed by atoms with van der Waals surface area (Å²) in [5, 5.41) is 5.82. The number of alkyl carbamates (subject to hydrolysis) is 1. The topological polar surface area (TPSA) is 214 Å². The van der Waals surface area contributed by atoms with Gasteiger partial charge >= 0.3 is 12.1 Å². The number of amides is 4. The first-order valence-electron chi connectivity index (χ1n) is 20.4. The third-order valence-electron chi connectivity index (χ3n) is 12.5. The molecule has 0 unspecified atom stereocenters. The molecule has 1 saturated heterocycles. The van der Waals surface area contributed by atoms with Gasteiger partial charge in [0.15, 0.2) is 5.60 Å². The van der Waals surface area contributed by atoms with Gasteiger partial charge in [-0.1, -0.05) is 25.1 Å². The van der Waals surface area contributed by atoms with Crippen LogP contribution in [0, 0.1) is 17.8 Å². The molecule has 2 aliphatic carbocycles. The van der Waals surface area contributed by atoms with Gasteiger partial charge in [0, 0.05) is 32.3 Å². The van der Waals surface area contributed by atoms with Crippen LogP contribution in [0.2, 0.25) is 0 Å². The maximum atomic E-state index is 15.0. The molecule has 0 bridgehead atoms. The van der Waals surface area contributed by atoms with E-state index in [2.05, 4.69) is 25.3 Å². The quantitative estimate of drug-likeness (QED) is 0.257. The van der Waals surface area contributed by atoms with Crippen LogP contribution in [0.4, 0.5) is 13.6 Å². The summed E-state index contributed by atoms with van der Waals surface area (Å²) in [6.07, 6.45) is 3.58. The lowest BCUT2D eigenvalue weighted by Gasteiger charge is -2.35. The van der Waals surface area contributed by atoms with Gasteiger partial charge in [-0.05, 0) is 77.3 Å². The second-order valence-electron chi connectivity index (χ2n) is 17.5. The number of aromatic nitrogens is 2. The molecule has 3 heterocycles. The van der Waals surface area contributed by atoms with Crippen molar-refractivity contribution in [3.8, 4) is 17.6 Å². The van der Waals surface area contributed by atoms with Crippen LogP contribution in [-0.2, 0) is 33.9 Å². The number of alkyl halides is 2. The third kappa shape index (κ3) is 9.49. The predicted molar refractivity (Wildman–Crippen MR) is 216 cm³/mol. The van der Waals surface area contributed by atoms with Gasteiger partial charge in [0.05, 0.1) is 37.6 Å². The Hall–Kier alpha value is -4.85. The smallest absolute Gasteiger partial charge is 0.408 e. The summed E-state index contributed by atoms with van der Waals surface area (Å²) in [5.74, 6) is -6.69. The molecule has 17 nitrogen and oxygen atoms in total. The van der Waals surface area contributed by atoms with Gasteiger partial charge < -0.3 is 39.2 Å². The summed E-state index contributed by atoms with van der Waals surface area (Å²) in [4.78, 5) is 67.3. The summed E-state index contributed by atoms with van der Waals surface area (Å²) < 4.78 is 84.6. The lowest BCUT2D eigenvalue weighted by molar-refractivity contribution is -0.152. The van der Waals surface area contributed by atoms with Gasteiger partial charge in [-0.3, -0.25) is 19.1 Å². The predicted octanol–water partition coefficient (Wildman–Crippen LogP) is 4.04. The number of hydrogen-bond acceptors (Lipinski definition) is 13. The fourth-order valence-electron chi connectivity index (χ4n) is 7.89. The molecule has 3 N–H and O–H groups in total. The first kappa shape index (κ1) is 45.7. The Morgan fingerprint density at radius 2 is 1.79 bits per heavy atom. The highest BCUT2D eigenvalue weighted by Gasteiger charge is 2.63. The van der Waals surface area contributed by atoms with Crippen LogP contribution < -0.4 is 29.6 Å². The van der Waals surface area contributed by atoms with Crippen LogP contribution >= 0.6 is 0 Å². The van der Waals surface area contributed by atoms with Crippen molar-refractivity contribution in [2.45, 2.75) is 120 Å². The summed E-state index contributed by atoms with van der Waals surface area (Å²) >= 11 is 0. The zero-order valence-corrected chi connectivity index (χ0v) is 36.5. The van der Waals surface area contributed by atoms with Gasteiger partial charge in [0.2, 0.25) is 27.7 Å². The van der Waals surface area contributed by atoms with E-state index >= 15 is 4.79 Å². The molecule has 61 heavy (non-hydrogen) atoms. The van der Waals surface area contributed by atoms with Gasteiger partial charge in [0.1, 0.15) is 34.9 Å². The molecule has 6 rings (SSSR count). The average Bonchev–Trinajstić information content (AvgIpc) is 4.07. The van der Waals surface area contributed by atoms with Crippen molar-refractivity contribution in [2.24, 2.45) is 17.8 Å². The second kappa shape index (κ2) is 17.1. The largest absolute Gasteiger partial charge is 0.496 e. The second-order valence-corrected chi connectivity index (χ2v) is 19.7. The van der Waals surface area contributed by atoms with Crippen molar-refractivity contribution in [3.05, 3.63) is 30.4 Å². The number of carbonyl (C=O) groups excluding carboxylic acids is 4. The van der Waals surface area contributed by atoms with Crippen LogP contribution in [0.5, 0.6) is 17.6 Å². The fourth-order valence-corrected chi connectivity index (χ4v) is 9.20. The minimum atomic E-state index is -4.09. The number of hydrogen-bond donors (Lipinski definition) is 3. The molecule has 2 saturated carbocycles. The van der Waals surface area contributed by atoms with Crippen molar-refractivity contribution >= 4 is 44.7 Å². The Morgan fingerprint density at radius 1 is 1.07 bits per heavy atom. The van der Waals surface area contributed by atoms with Gasteiger partial charge in [-0.2, -0.15) is 9.97 Å². The number of sulfonamides is 1. The molecule has 2 aliphatic heterocycles. The molecule has 3 fully saturated rings. The van der Waals surface area contributed by atoms with Crippen molar-refractivity contribution in [1.82, 2.24) is 30.2 Å². The highest BCUT2D eigenvalue weighted by atomic mass is 32.2. The minimum Gasteiger partial charge on any atom is -0.496 e. The van der Waals surface area contributed by atoms with Crippen LogP contribution in [0.3, 0.4) is 0 Å². The number of methoxy groups -OCH3 is 3. The van der Waals surface area contributed by atoms with Crippen molar-refractivity contribution in [2.75, 3.05) is 34.5 Å². The Kier molecular flexibility index (Phi) is 12.8. The molecular formula is C41H56F2N6O11S. The molecule has 0 spiro atoms. The highest BCUT2D eigenvalue weighted by Crippen LogP contribution is 2.48. The van der Waals surface area contributed by atoms with E-state index in [1.54, 1.807) is 31.2 Å².